The third-order valence-electron chi connectivity index (χ3n) is 5.03. The molecule has 1 amide bonds. The van der Waals surface area contributed by atoms with Gasteiger partial charge >= 0.3 is 0 Å². The van der Waals surface area contributed by atoms with Crippen molar-refractivity contribution in [2.45, 2.75) is 37.6 Å². The molecule has 1 aromatic heterocycles. The van der Waals surface area contributed by atoms with Gasteiger partial charge in [-0.05, 0) is 51.3 Å². The standard InChI is InChI=1S/C19H26N4O3S2/c1-14-5-7-17(8-6-14)28(25,26)21-12-16-4-3-10-23(13-16)15(2)18(24)22-19-20-9-11-27-19/h5-9,11,15-16,21H,3-4,10,12-13H2,1-2H3,(H,20,22,24). The van der Waals surface area contributed by atoms with E-state index in [1.54, 1.807) is 30.5 Å². The van der Waals surface area contributed by atoms with Crippen LogP contribution in [0, 0.1) is 12.8 Å². The van der Waals surface area contributed by atoms with Crippen LogP contribution in [0.4, 0.5) is 5.13 Å². The van der Waals surface area contributed by atoms with Gasteiger partial charge in [-0.3, -0.25) is 9.69 Å². The highest BCUT2D eigenvalue weighted by atomic mass is 32.2. The van der Waals surface area contributed by atoms with Gasteiger partial charge in [0.1, 0.15) is 0 Å². The molecule has 0 saturated carbocycles. The van der Waals surface area contributed by atoms with Gasteiger partial charge in [-0.2, -0.15) is 0 Å². The van der Waals surface area contributed by atoms with Gasteiger partial charge in [-0.25, -0.2) is 18.1 Å². The van der Waals surface area contributed by atoms with Crippen LogP contribution in [0.2, 0.25) is 0 Å². The number of likely N-dealkylation sites (tertiary alicyclic amines) is 1. The Morgan fingerprint density at radius 2 is 2.11 bits per heavy atom. The van der Waals surface area contributed by atoms with Crippen molar-refractivity contribution in [1.29, 1.82) is 0 Å². The smallest absolute Gasteiger partial charge is 0.243 e. The minimum Gasteiger partial charge on any atom is -0.301 e. The number of piperidine rings is 1. The number of aryl methyl sites for hydroxylation is 1. The van der Waals surface area contributed by atoms with Crippen LogP contribution in [0.3, 0.4) is 0 Å². The monoisotopic (exact) mass is 422 g/mol. The predicted molar refractivity (Wildman–Crippen MR) is 111 cm³/mol. The topological polar surface area (TPSA) is 91.4 Å². The van der Waals surface area contributed by atoms with Crippen molar-refractivity contribution in [3.8, 4) is 0 Å². The van der Waals surface area contributed by atoms with E-state index in [0.29, 0.717) is 18.2 Å². The lowest BCUT2D eigenvalue weighted by molar-refractivity contribution is -0.121. The van der Waals surface area contributed by atoms with Gasteiger partial charge in [0.05, 0.1) is 10.9 Å². The van der Waals surface area contributed by atoms with Crippen LogP contribution in [0.15, 0.2) is 40.7 Å². The molecule has 0 bridgehead atoms. The van der Waals surface area contributed by atoms with Crippen molar-refractivity contribution >= 4 is 32.4 Å². The Kier molecular flexibility index (Phi) is 6.82. The van der Waals surface area contributed by atoms with Crippen LogP contribution in [0.5, 0.6) is 0 Å². The molecular formula is C19H26N4O3S2. The van der Waals surface area contributed by atoms with Crippen molar-refractivity contribution in [2.24, 2.45) is 5.92 Å². The molecule has 0 radical (unpaired) electrons. The van der Waals surface area contributed by atoms with Crippen molar-refractivity contribution in [2.75, 3.05) is 25.0 Å². The summed E-state index contributed by atoms with van der Waals surface area (Å²) in [5.74, 6) is 0.0833. The van der Waals surface area contributed by atoms with Crippen molar-refractivity contribution in [3.63, 3.8) is 0 Å². The van der Waals surface area contributed by atoms with Gasteiger partial charge < -0.3 is 5.32 Å². The Labute approximate surface area is 170 Å². The fourth-order valence-electron chi connectivity index (χ4n) is 3.30. The molecule has 3 rings (SSSR count). The van der Waals surface area contributed by atoms with Crippen molar-refractivity contribution < 1.29 is 13.2 Å². The second-order valence-electron chi connectivity index (χ2n) is 7.17. The highest BCUT2D eigenvalue weighted by molar-refractivity contribution is 7.89. The van der Waals surface area contributed by atoms with E-state index in [4.69, 9.17) is 0 Å². The first-order valence-corrected chi connectivity index (χ1v) is 11.7. The molecule has 2 aromatic rings. The number of anilines is 1. The van der Waals surface area contributed by atoms with Crippen LogP contribution >= 0.6 is 11.3 Å². The molecule has 2 atom stereocenters. The Balaban J connectivity index is 1.54. The zero-order chi connectivity index (χ0) is 20.1. The van der Waals surface area contributed by atoms with Crippen LogP contribution in [-0.4, -0.2) is 49.9 Å². The van der Waals surface area contributed by atoms with Crippen LogP contribution in [0.25, 0.3) is 0 Å². The number of amides is 1. The quantitative estimate of drug-likeness (QED) is 0.715. The first kappa shape index (κ1) is 20.9. The summed E-state index contributed by atoms with van der Waals surface area (Å²) in [5.41, 5.74) is 1.02. The third kappa shape index (κ3) is 5.38. The molecule has 7 nitrogen and oxygen atoms in total. The van der Waals surface area contributed by atoms with E-state index in [2.05, 4.69) is 19.9 Å². The molecule has 0 spiro atoms. The molecule has 1 saturated heterocycles. The summed E-state index contributed by atoms with van der Waals surface area (Å²) in [7, 11) is -3.52. The number of carbonyl (C=O) groups is 1. The van der Waals surface area contributed by atoms with E-state index < -0.39 is 10.0 Å². The average Bonchev–Trinajstić information content (AvgIpc) is 3.19. The summed E-state index contributed by atoms with van der Waals surface area (Å²) >= 11 is 1.39. The molecule has 0 aliphatic carbocycles. The van der Waals surface area contributed by atoms with Gasteiger partial charge in [0, 0.05) is 24.7 Å². The summed E-state index contributed by atoms with van der Waals surface area (Å²) in [4.78, 5) is 18.9. The Hall–Kier alpha value is -1.81. The lowest BCUT2D eigenvalue weighted by Gasteiger charge is -2.36. The summed E-state index contributed by atoms with van der Waals surface area (Å²) < 4.78 is 27.7. The minimum absolute atomic E-state index is 0.0872. The maximum Gasteiger partial charge on any atom is 0.243 e. The average molecular weight is 423 g/mol. The van der Waals surface area contributed by atoms with E-state index in [9.17, 15) is 13.2 Å². The summed E-state index contributed by atoms with van der Waals surface area (Å²) in [5, 5.41) is 5.24. The molecule has 2 heterocycles. The van der Waals surface area contributed by atoms with Gasteiger partial charge in [-0.15, -0.1) is 11.3 Å². The Morgan fingerprint density at radius 1 is 1.36 bits per heavy atom. The number of nitrogens with zero attached hydrogens (tertiary/aromatic N) is 2. The van der Waals surface area contributed by atoms with Gasteiger partial charge in [0.25, 0.3) is 0 Å². The molecule has 9 heteroatoms. The molecular weight excluding hydrogens is 396 g/mol. The number of nitrogens with one attached hydrogen (secondary N) is 2. The molecule has 2 unspecified atom stereocenters. The molecule has 152 valence electrons. The summed E-state index contributed by atoms with van der Waals surface area (Å²) in [6.07, 6.45) is 3.53. The molecule has 2 N–H and O–H groups in total. The van der Waals surface area contributed by atoms with Crippen LogP contribution in [0.1, 0.15) is 25.3 Å². The first-order valence-electron chi connectivity index (χ1n) is 9.36. The maximum absolute atomic E-state index is 12.5. The predicted octanol–water partition coefficient (Wildman–Crippen LogP) is 2.47. The van der Waals surface area contributed by atoms with E-state index in [1.165, 1.54) is 11.3 Å². The van der Waals surface area contributed by atoms with Crippen molar-refractivity contribution in [1.82, 2.24) is 14.6 Å². The van der Waals surface area contributed by atoms with Crippen molar-refractivity contribution in [3.05, 3.63) is 41.4 Å². The zero-order valence-corrected chi connectivity index (χ0v) is 17.7. The lowest BCUT2D eigenvalue weighted by atomic mass is 9.97. The number of hydrogen-bond acceptors (Lipinski definition) is 6. The fraction of sp³-hybridized carbons (Fsp3) is 0.474. The SMILES string of the molecule is Cc1ccc(S(=O)(=O)NCC2CCCN(C(C)C(=O)Nc3nccs3)C2)cc1. The molecule has 1 aliphatic heterocycles. The van der Waals surface area contributed by atoms with Gasteiger partial charge in [0.15, 0.2) is 5.13 Å². The Bertz CT molecular complexity index is 882. The molecule has 28 heavy (non-hydrogen) atoms. The second-order valence-corrected chi connectivity index (χ2v) is 9.83. The molecule has 1 aromatic carbocycles. The number of benzene rings is 1. The van der Waals surface area contributed by atoms with Gasteiger partial charge in [-0.1, -0.05) is 17.7 Å². The first-order chi connectivity index (χ1) is 13.3. The number of carbonyl (C=O) groups excluding carboxylic acids is 1. The summed E-state index contributed by atoms with van der Waals surface area (Å²) in [6, 6.07) is 6.53. The Morgan fingerprint density at radius 3 is 2.79 bits per heavy atom. The van der Waals surface area contributed by atoms with Crippen LogP contribution < -0.4 is 10.0 Å². The van der Waals surface area contributed by atoms with E-state index >= 15 is 0 Å². The normalized spacial score (nSPS) is 19.3. The third-order valence-corrected chi connectivity index (χ3v) is 7.16. The van der Waals surface area contributed by atoms with E-state index in [-0.39, 0.29) is 22.8 Å². The molecule has 1 aliphatic rings. The number of hydrogen-bond donors (Lipinski definition) is 2. The van der Waals surface area contributed by atoms with Crippen LogP contribution in [-0.2, 0) is 14.8 Å². The fourth-order valence-corrected chi connectivity index (χ4v) is 4.95. The van der Waals surface area contributed by atoms with E-state index in [1.807, 2.05) is 19.2 Å². The largest absolute Gasteiger partial charge is 0.301 e. The number of thiazole rings is 1. The zero-order valence-electron chi connectivity index (χ0n) is 16.1. The second kappa shape index (κ2) is 9.13. The maximum atomic E-state index is 12.5. The lowest BCUT2D eigenvalue weighted by Crippen LogP contribution is -2.48. The number of rotatable bonds is 7. The number of sulfonamides is 1. The highest BCUT2D eigenvalue weighted by Crippen LogP contribution is 2.20. The number of aromatic nitrogens is 1. The summed E-state index contributed by atoms with van der Waals surface area (Å²) in [6.45, 7) is 5.68. The van der Waals surface area contributed by atoms with E-state index in [0.717, 1.165) is 24.9 Å². The molecule has 1 fully saturated rings. The van der Waals surface area contributed by atoms with Gasteiger partial charge in [0.2, 0.25) is 15.9 Å². The minimum atomic E-state index is -3.52. The highest BCUT2D eigenvalue weighted by Gasteiger charge is 2.28.